The Labute approximate surface area is 117 Å². The van der Waals surface area contributed by atoms with E-state index in [0.717, 1.165) is 11.3 Å². The molecule has 2 aromatic rings. The first-order chi connectivity index (χ1) is 9.74. The van der Waals surface area contributed by atoms with Crippen molar-refractivity contribution in [3.63, 3.8) is 0 Å². The summed E-state index contributed by atoms with van der Waals surface area (Å²) in [6, 6.07) is 7.57. The summed E-state index contributed by atoms with van der Waals surface area (Å²) in [4.78, 5) is 7.96. The molecule has 2 rings (SSSR count). The zero-order valence-electron chi connectivity index (χ0n) is 11.5. The van der Waals surface area contributed by atoms with Gasteiger partial charge >= 0.3 is 0 Å². The molecular formula is C14H17N3O3. The van der Waals surface area contributed by atoms with Crippen LogP contribution in [-0.2, 0) is 6.61 Å². The molecule has 20 heavy (non-hydrogen) atoms. The van der Waals surface area contributed by atoms with Crippen LogP contribution in [0.1, 0.15) is 12.5 Å². The first-order valence-electron chi connectivity index (χ1n) is 6.23. The number of anilines is 1. The van der Waals surface area contributed by atoms with Gasteiger partial charge in [0, 0.05) is 0 Å². The number of nitrogens with two attached hydrogens (primary N) is 1. The number of benzene rings is 1. The molecule has 106 valence electrons. The average Bonchev–Trinajstić information content (AvgIpc) is 2.49. The molecule has 0 fully saturated rings. The molecule has 0 atom stereocenters. The van der Waals surface area contributed by atoms with Gasteiger partial charge in [0.2, 0.25) is 11.8 Å². The van der Waals surface area contributed by atoms with Crippen molar-refractivity contribution in [3.05, 3.63) is 36.2 Å². The predicted molar refractivity (Wildman–Crippen MR) is 74.9 cm³/mol. The van der Waals surface area contributed by atoms with Crippen LogP contribution in [0.4, 0.5) is 5.69 Å². The molecule has 1 aromatic carbocycles. The molecule has 0 aliphatic carbocycles. The largest absolute Gasteiger partial charge is 0.497 e. The second-order valence-corrected chi connectivity index (χ2v) is 3.97. The maximum Gasteiger partial charge on any atom is 0.244 e. The Bertz CT molecular complexity index is 558. The number of aromatic nitrogens is 2. The van der Waals surface area contributed by atoms with Gasteiger partial charge in [-0.3, -0.25) is 0 Å². The van der Waals surface area contributed by atoms with Gasteiger partial charge in [0.15, 0.2) is 5.69 Å². The third kappa shape index (κ3) is 3.28. The van der Waals surface area contributed by atoms with E-state index in [9.17, 15) is 0 Å². The van der Waals surface area contributed by atoms with Crippen LogP contribution < -0.4 is 19.9 Å². The highest BCUT2D eigenvalue weighted by Crippen LogP contribution is 2.27. The van der Waals surface area contributed by atoms with E-state index in [1.807, 2.05) is 31.2 Å². The van der Waals surface area contributed by atoms with Gasteiger partial charge in [-0.1, -0.05) is 12.1 Å². The first kappa shape index (κ1) is 13.9. The molecule has 2 N–H and O–H groups in total. The zero-order valence-corrected chi connectivity index (χ0v) is 11.5. The average molecular weight is 275 g/mol. The monoisotopic (exact) mass is 275 g/mol. The van der Waals surface area contributed by atoms with E-state index in [1.165, 1.54) is 6.33 Å². The van der Waals surface area contributed by atoms with E-state index in [0.29, 0.717) is 30.7 Å². The number of nitrogen functional groups attached to an aromatic ring is 1. The minimum atomic E-state index is 0.308. The number of nitrogens with zero attached hydrogens (tertiary/aromatic N) is 2. The maximum absolute atomic E-state index is 5.88. The van der Waals surface area contributed by atoms with Crippen molar-refractivity contribution >= 4 is 5.69 Å². The van der Waals surface area contributed by atoms with Crippen LogP contribution in [0.3, 0.4) is 0 Å². The lowest BCUT2D eigenvalue weighted by atomic mass is 10.2. The molecule has 0 radical (unpaired) electrons. The summed E-state index contributed by atoms with van der Waals surface area (Å²) < 4.78 is 16.0. The molecule has 0 aliphatic heterocycles. The van der Waals surface area contributed by atoms with Gasteiger partial charge in [0.25, 0.3) is 0 Å². The summed E-state index contributed by atoms with van der Waals surface area (Å²) in [6.07, 6.45) is 1.37. The number of methoxy groups -OCH3 is 1. The summed E-state index contributed by atoms with van der Waals surface area (Å²) in [7, 11) is 1.63. The van der Waals surface area contributed by atoms with Crippen molar-refractivity contribution in [2.75, 3.05) is 19.5 Å². The molecular weight excluding hydrogens is 258 g/mol. The topological polar surface area (TPSA) is 79.5 Å². The molecule has 0 aliphatic rings. The third-order valence-corrected chi connectivity index (χ3v) is 2.63. The summed E-state index contributed by atoms with van der Waals surface area (Å²) in [6.45, 7) is 2.70. The molecule has 0 spiro atoms. The molecule has 6 heteroatoms. The Morgan fingerprint density at radius 1 is 1.05 bits per heavy atom. The lowest BCUT2D eigenvalue weighted by Gasteiger charge is -2.10. The number of rotatable bonds is 6. The molecule has 1 heterocycles. The van der Waals surface area contributed by atoms with Gasteiger partial charge in [0.1, 0.15) is 18.7 Å². The third-order valence-electron chi connectivity index (χ3n) is 2.63. The van der Waals surface area contributed by atoms with Crippen molar-refractivity contribution in [1.29, 1.82) is 0 Å². The normalized spacial score (nSPS) is 10.1. The van der Waals surface area contributed by atoms with E-state index in [1.54, 1.807) is 7.11 Å². The zero-order chi connectivity index (χ0) is 14.4. The van der Waals surface area contributed by atoms with Crippen molar-refractivity contribution < 1.29 is 14.2 Å². The van der Waals surface area contributed by atoms with Crippen LogP contribution in [0.15, 0.2) is 30.6 Å². The van der Waals surface area contributed by atoms with Crippen LogP contribution in [0.5, 0.6) is 17.5 Å². The van der Waals surface area contributed by atoms with Crippen LogP contribution in [0, 0.1) is 0 Å². The second kappa shape index (κ2) is 6.60. The van der Waals surface area contributed by atoms with Crippen molar-refractivity contribution in [1.82, 2.24) is 9.97 Å². The Morgan fingerprint density at radius 2 is 1.70 bits per heavy atom. The summed E-state index contributed by atoms with van der Waals surface area (Å²) in [5.74, 6) is 1.46. The molecule has 0 amide bonds. The minimum Gasteiger partial charge on any atom is -0.497 e. The first-order valence-corrected chi connectivity index (χ1v) is 6.23. The Balaban J connectivity index is 2.04. The van der Waals surface area contributed by atoms with E-state index < -0.39 is 0 Å². The fourth-order valence-corrected chi connectivity index (χ4v) is 1.60. The Morgan fingerprint density at radius 3 is 2.30 bits per heavy atom. The quantitative estimate of drug-likeness (QED) is 0.869. The maximum atomic E-state index is 5.88. The van der Waals surface area contributed by atoms with Crippen LogP contribution in [0.2, 0.25) is 0 Å². The van der Waals surface area contributed by atoms with E-state index >= 15 is 0 Å². The van der Waals surface area contributed by atoms with E-state index in [4.69, 9.17) is 19.9 Å². The number of ether oxygens (including phenoxy) is 3. The van der Waals surface area contributed by atoms with Gasteiger partial charge < -0.3 is 19.9 Å². The fourth-order valence-electron chi connectivity index (χ4n) is 1.60. The van der Waals surface area contributed by atoms with Crippen LogP contribution in [0.25, 0.3) is 0 Å². The molecule has 6 nitrogen and oxygen atoms in total. The predicted octanol–water partition coefficient (Wildman–Crippen LogP) is 2.05. The molecule has 0 unspecified atom stereocenters. The highest BCUT2D eigenvalue weighted by molar-refractivity contribution is 5.55. The highest BCUT2D eigenvalue weighted by atomic mass is 16.5. The van der Waals surface area contributed by atoms with Gasteiger partial charge in [-0.2, -0.15) is 9.97 Å². The SMILES string of the molecule is CCOc1ncnc(OCc2ccc(OC)cc2)c1N. The minimum absolute atomic E-state index is 0.308. The number of hydrogen-bond acceptors (Lipinski definition) is 6. The van der Waals surface area contributed by atoms with E-state index in [-0.39, 0.29) is 0 Å². The summed E-state index contributed by atoms with van der Waals surface area (Å²) in [5.41, 5.74) is 7.18. The van der Waals surface area contributed by atoms with Gasteiger partial charge in [-0.05, 0) is 24.6 Å². The summed E-state index contributed by atoms with van der Waals surface area (Å²) >= 11 is 0. The van der Waals surface area contributed by atoms with Crippen LogP contribution >= 0.6 is 0 Å². The molecule has 0 bridgehead atoms. The molecule has 0 saturated heterocycles. The standard InChI is InChI=1S/C14H17N3O3/c1-3-19-13-12(15)14(17-9-16-13)20-8-10-4-6-11(18-2)7-5-10/h4-7,9H,3,8,15H2,1-2H3. The van der Waals surface area contributed by atoms with Crippen molar-refractivity contribution in [2.24, 2.45) is 0 Å². The van der Waals surface area contributed by atoms with Gasteiger partial charge in [-0.15, -0.1) is 0 Å². The Hall–Kier alpha value is -2.50. The lowest BCUT2D eigenvalue weighted by molar-refractivity contribution is 0.287. The Kier molecular flexibility index (Phi) is 4.60. The van der Waals surface area contributed by atoms with Gasteiger partial charge in [0.05, 0.1) is 13.7 Å². The van der Waals surface area contributed by atoms with Crippen LogP contribution in [-0.4, -0.2) is 23.7 Å². The van der Waals surface area contributed by atoms with E-state index in [2.05, 4.69) is 9.97 Å². The fraction of sp³-hybridized carbons (Fsp3) is 0.286. The molecule has 0 saturated carbocycles. The van der Waals surface area contributed by atoms with Gasteiger partial charge in [-0.25, -0.2) is 0 Å². The van der Waals surface area contributed by atoms with Crippen molar-refractivity contribution in [3.8, 4) is 17.5 Å². The summed E-state index contributed by atoms with van der Waals surface area (Å²) in [5, 5.41) is 0. The molecule has 1 aromatic heterocycles. The lowest BCUT2D eigenvalue weighted by Crippen LogP contribution is -2.05. The highest BCUT2D eigenvalue weighted by Gasteiger charge is 2.10. The van der Waals surface area contributed by atoms with Crippen molar-refractivity contribution in [2.45, 2.75) is 13.5 Å². The second-order valence-electron chi connectivity index (χ2n) is 3.97. The number of hydrogen-bond donors (Lipinski definition) is 1. The smallest absolute Gasteiger partial charge is 0.244 e.